The Morgan fingerprint density at radius 2 is 1.80 bits per heavy atom. The van der Waals surface area contributed by atoms with E-state index in [1.54, 1.807) is 12.1 Å². The van der Waals surface area contributed by atoms with Gasteiger partial charge in [-0.15, -0.1) is 11.3 Å². The lowest BCUT2D eigenvalue weighted by molar-refractivity contribution is 0.0729. The summed E-state index contributed by atoms with van der Waals surface area (Å²) in [5.74, 6) is 0.00286. The van der Waals surface area contributed by atoms with Crippen molar-refractivity contribution in [3.63, 3.8) is 0 Å². The summed E-state index contributed by atoms with van der Waals surface area (Å²) in [6.07, 6.45) is 3.30. The lowest BCUT2D eigenvalue weighted by atomic mass is 10.1. The second kappa shape index (κ2) is 5.72. The molecule has 2 heterocycles. The predicted octanol–water partition coefficient (Wildman–Crippen LogP) is 5.49. The van der Waals surface area contributed by atoms with E-state index in [-0.39, 0.29) is 5.91 Å². The van der Waals surface area contributed by atoms with E-state index in [2.05, 4.69) is 0 Å². The molecule has 2 aromatic rings. The third kappa shape index (κ3) is 2.52. The fourth-order valence-electron chi connectivity index (χ4n) is 2.49. The van der Waals surface area contributed by atoms with Crippen LogP contribution in [0, 0.1) is 0 Å². The first-order valence-electron chi connectivity index (χ1n) is 6.44. The van der Waals surface area contributed by atoms with Gasteiger partial charge in [-0.2, -0.15) is 0 Å². The van der Waals surface area contributed by atoms with Gasteiger partial charge in [0.2, 0.25) is 0 Å². The highest BCUT2D eigenvalue weighted by Gasteiger charge is 2.24. The van der Waals surface area contributed by atoms with Crippen LogP contribution in [0.2, 0.25) is 15.1 Å². The number of hydrogen-bond donors (Lipinski definition) is 0. The van der Waals surface area contributed by atoms with Crippen molar-refractivity contribution in [2.45, 2.75) is 19.3 Å². The van der Waals surface area contributed by atoms with E-state index in [0.717, 1.165) is 36.0 Å². The van der Waals surface area contributed by atoms with Gasteiger partial charge in [-0.25, -0.2) is 0 Å². The second-order valence-electron chi connectivity index (χ2n) is 4.86. The topological polar surface area (TPSA) is 20.3 Å². The standard InChI is InChI=1S/C14H12Cl3NOS/c15-8-6-9(16)11-10(7-8)20-13(12(11)17)14(19)18-4-2-1-3-5-18/h6-7H,1-5H2. The molecule has 0 radical (unpaired) electrons. The SMILES string of the molecule is O=C(c1sc2cc(Cl)cc(Cl)c2c1Cl)N1CCCCC1. The highest BCUT2D eigenvalue weighted by atomic mass is 35.5. The number of amides is 1. The molecule has 1 aliphatic heterocycles. The molecule has 1 saturated heterocycles. The zero-order valence-electron chi connectivity index (χ0n) is 10.6. The molecule has 1 aromatic carbocycles. The molecule has 0 atom stereocenters. The first kappa shape index (κ1) is 14.5. The second-order valence-corrected chi connectivity index (χ2v) is 7.13. The predicted molar refractivity (Wildman–Crippen MR) is 86.6 cm³/mol. The van der Waals surface area contributed by atoms with Crippen LogP contribution >= 0.6 is 46.1 Å². The lowest BCUT2D eigenvalue weighted by Crippen LogP contribution is -2.35. The van der Waals surface area contributed by atoms with Crippen LogP contribution in [-0.4, -0.2) is 23.9 Å². The van der Waals surface area contributed by atoms with Gasteiger partial charge in [0.05, 0.1) is 10.0 Å². The number of rotatable bonds is 1. The van der Waals surface area contributed by atoms with Crippen molar-refractivity contribution < 1.29 is 4.79 Å². The lowest BCUT2D eigenvalue weighted by Gasteiger charge is -2.26. The van der Waals surface area contributed by atoms with Crippen molar-refractivity contribution in [3.05, 3.63) is 32.1 Å². The molecule has 1 aromatic heterocycles. The van der Waals surface area contributed by atoms with Gasteiger partial charge in [-0.3, -0.25) is 4.79 Å². The van der Waals surface area contributed by atoms with Crippen molar-refractivity contribution in [2.75, 3.05) is 13.1 Å². The molecular weight excluding hydrogens is 337 g/mol. The molecule has 1 amide bonds. The summed E-state index contributed by atoms with van der Waals surface area (Å²) >= 11 is 19.9. The van der Waals surface area contributed by atoms with E-state index in [1.807, 2.05) is 4.90 Å². The number of halogens is 3. The van der Waals surface area contributed by atoms with Gasteiger partial charge < -0.3 is 4.90 Å². The van der Waals surface area contributed by atoms with E-state index in [0.29, 0.717) is 19.9 Å². The van der Waals surface area contributed by atoms with Gasteiger partial charge in [-0.1, -0.05) is 34.8 Å². The largest absolute Gasteiger partial charge is 0.338 e. The van der Waals surface area contributed by atoms with Gasteiger partial charge in [0.25, 0.3) is 5.91 Å². The number of carbonyl (C=O) groups excluding carboxylic acids is 1. The Bertz CT molecular complexity index is 677. The normalized spacial score (nSPS) is 15.8. The number of benzene rings is 1. The highest BCUT2D eigenvalue weighted by molar-refractivity contribution is 7.21. The first-order valence-corrected chi connectivity index (χ1v) is 8.39. The molecule has 0 bridgehead atoms. The number of likely N-dealkylation sites (tertiary alicyclic amines) is 1. The quantitative estimate of drug-likeness (QED) is 0.667. The average Bonchev–Trinajstić information content (AvgIpc) is 2.76. The molecule has 0 spiro atoms. The summed E-state index contributed by atoms with van der Waals surface area (Å²) in [5, 5.41) is 2.22. The molecule has 0 N–H and O–H groups in total. The van der Waals surface area contributed by atoms with Crippen LogP contribution in [0.1, 0.15) is 28.9 Å². The zero-order chi connectivity index (χ0) is 14.3. The molecule has 0 unspecified atom stereocenters. The van der Waals surface area contributed by atoms with Crippen molar-refractivity contribution >= 4 is 62.1 Å². The van der Waals surface area contributed by atoms with Crippen molar-refractivity contribution in [1.29, 1.82) is 0 Å². The molecule has 6 heteroatoms. The molecule has 0 aliphatic carbocycles. The molecule has 3 rings (SSSR count). The summed E-state index contributed by atoms with van der Waals surface area (Å²) in [4.78, 5) is 15.0. The Morgan fingerprint density at radius 3 is 2.50 bits per heavy atom. The molecule has 1 fully saturated rings. The van der Waals surface area contributed by atoms with Crippen molar-refractivity contribution in [3.8, 4) is 0 Å². The maximum atomic E-state index is 12.6. The Labute approximate surface area is 136 Å². The number of nitrogens with zero attached hydrogens (tertiary/aromatic N) is 1. The van der Waals surface area contributed by atoms with E-state index in [9.17, 15) is 4.79 Å². The van der Waals surface area contributed by atoms with E-state index < -0.39 is 0 Å². The van der Waals surface area contributed by atoms with E-state index in [1.165, 1.54) is 17.8 Å². The Balaban J connectivity index is 2.05. The summed E-state index contributed by atoms with van der Waals surface area (Å²) in [5.41, 5.74) is 0. The molecule has 1 aliphatic rings. The van der Waals surface area contributed by atoms with Crippen molar-refractivity contribution in [1.82, 2.24) is 4.90 Å². The molecule has 20 heavy (non-hydrogen) atoms. The smallest absolute Gasteiger partial charge is 0.265 e. The van der Waals surface area contributed by atoms with Gasteiger partial charge in [0.1, 0.15) is 4.88 Å². The first-order chi connectivity index (χ1) is 9.58. The minimum atomic E-state index is 0.00286. The van der Waals surface area contributed by atoms with Crippen LogP contribution < -0.4 is 0 Å². The van der Waals surface area contributed by atoms with Crippen LogP contribution in [0.15, 0.2) is 12.1 Å². The van der Waals surface area contributed by atoms with Crippen LogP contribution in [0.25, 0.3) is 10.1 Å². The van der Waals surface area contributed by atoms with Crippen LogP contribution in [-0.2, 0) is 0 Å². The fraction of sp³-hybridized carbons (Fsp3) is 0.357. The van der Waals surface area contributed by atoms with Gasteiger partial charge in [-0.05, 0) is 31.4 Å². The molecule has 0 saturated carbocycles. The summed E-state index contributed by atoms with van der Waals surface area (Å²) in [7, 11) is 0. The fourth-order valence-corrected chi connectivity index (χ4v) is 4.83. The van der Waals surface area contributed by atoms with Crippen LogP contribution in [0.3, 0.4) is 0 Å². The summed E-state index contributed by atoms with van der Waals surface area (Å²) < 4.78 is 0.854. The van der Waals surface area contributed by atoms with E-state index >= 15 is 0 Å². The summed E-state index contributed by atoms with van der Waals surface area (Å²) in [6.45, 7) is 1.61. The summed E-state index contributed by atoms with van der Waals surface area (Å²) in [6, 6.07) is 3.45. The number of carbonyl (C=O) groups is 1. The van der Waals surface area contributed by atoms with Crippen LogP contribution in [0.4, 0.5) is 0 Å². The third-order valence-corrected chi connectivity index (χ3v) is 5.62. The maximum absolute atomic E-state index is 12.6. The third-order valence-electron chi connectivity index (χ3n) is 3.49. The van der Waals surface area contributed by atoms with Gasteiger partial charge in [0.15, 0.2) is 0 Å². The average molecular weight is 349 g/mol. The molecular formula is C14H12Cl3NOS. The monoisotopic (exact) mass is 347 g/mol. The Kier molecular flexibility index (Phi) is 4.14. The van der Waals surface area contributed by atoms with Crippen molar-refractivity contribution in [2.24, 2.45) is 0 Å². The minimum absolute atomic E-state index is 0.00286. The van der Waals surface area contributed by atoms with Gasteiger partial charge in [0, 0.05) is 28.2 Å². The maximum Gasteiger partial charge on any atom is 0.265 e. The molecule has 106 valence electrons. The molecule has 2 nitrogen and oxygen atoms in total. The Hall–Kier alpha value is -0.480. The van der Waals surface area contributed by atoms with Gasteiger partial charge >= 0.3 is 0 Å². The van der Waals surface area contributed by atoms with E-state index in [4.69, 9.17) is 34.8 Å². The minimum Gasteiger partial charge on any atom is -0.338 e. The highest BCUT2D eigenvalue weighted by Crippen LogP contribution is 2.41. The Morgan fingerprint density at radius 1 is 1.10 bits per heavy atom. The number of fused-ring (bicyclic) bond motifs is 1. The zero-order valence-corrected chi connectivity index (χ0v) is 13.7. The number of hydrogen-bond acceptors (Lipinski definition) is 2. The number of thiophene rings is 1. The van der Waals surface area contributed by atoms with Crippen LogP contribution in [0.5, 0.6) is 0 Å². The number of piperidine rings is 1.